The van der Waals surface area contributed by atoms with Crippen LogP contribution in [0, 0.1) is 5.92 Å². The third-order valence-corrected chi connectivity index (χ3v) is 4.06. The number of methoxy groups -OCH3 is 1. The average Bonchev–Trinajstić information content (AvgIpc) is 2.90. The van der Waals surface area contributed by atoms with Crippen LogP contribution in [0.2, 0.25) is 0 Å². The van der Waals surface area contributed by atoms with Gasteiger partial charge in [0.1, 0.15) is 17.9 Å². The van der Waals surface area contributed by atoms with Crippen LogP contribution in [0.25, 0.3) is 0 Å². The maximum atomic E-state index is 12.2. The monoisotopic (exact) mass is 295 g/mol. The lowest BCUT2D eigenvalue weighted by Gasteiger charge is -2.36. The molecule has 1 aromatic rings. The van der Waals surface area contributed by atoms with Crippen LogP contribution in [0.5, 0.6) is 0 Å². The van der Waals surface area contributed by atoms with E-state index in [1.165, 1.54) is 13.2 Å². The number of nitrogens with one attached hydrogen (secondary N) is 1. The van der Waals surface area contributed by atoms with Crippen LogP contribution in [0.15, 0.2) is 16.5 Å². The van der Waals surface area contributed by atoms with Crippen molar-refractivity contribution in [2.45, 2.75) is 44.8 Å². The summed E-state index contributed by atoms with van der Waals surface area (Å²) < 4.78 is 10.3. The van der Waals surface area contributed by atoms with Crippen LogP contribution < -0.4 is 5.32 Å². The van der Waals surface area contributed by atoms with Gasteiger partial charge in [-0.05, 0) is 43.7 Å². The number of carbonyl (C=O) groups excluding carboxylic acids is 1. The van der Waals surface area contributed by atoms with E-state index in [0.717, 1.165) is 12.8 Å². The quantitative estimate of drug-likeness (QED) is 0.869. The summed E-state index contributed by atoms with van der Waals surface area (Å²) in [6.45, 7) is 2.37. The summed E-state index contributed by atoms with van der Waals surface area (Å²) in [5.74, 6) is -0.336. The van der Waals surface area contributed by atoms with E-state index in [0.29, 0.717) is 24.5 Å². The van der Waals surface area contributed by atoms with Gasteiger partial charge in [-0.1, -0.05) is 6.92 Å². The van der Waals surface area contributed by atoms with E-state index < -0.39 is 17.4 Å². The molecule has 2 N–H and O–H groups in total. The SMILES string of the molecule is COCc1ccc(C(=O)NC2(C(=O)O)CCC(C)CC2)o1. The Kier molecular flexibility index (Phi) is 4.67. The lowest BCUT2D eigenvalue weighted by atomic mass is 9.77. The Hall–Kier alpha value is -1.82. The Morgan fingerprint density at radius 2 is 2.10 bits per heavy atom. The van der Waals surface area contributed by atoms with Crippen LogP contribution >= 0.6 is 0 Å². The minimum atomic E-state index is -1.18. The molecule has 0 spiro atoms. The van der Waals surface area contributed by atoms with Gasteiger partial charge in [-0.25, -0.2) is 4.79 Å². The van der Waals surface area contributed by atoms with Gasteiger partial charge >= 0.3 is 5.97 Å². The first kappa shape index (κ1) is 15.6. The second-order valence-corrected chi connectivity index (χ2v) is 5.72. The first-order chi connectivity index (χ1) is 9.97. The zero-order valence-corrected chi connectivity index (χ0v) is 12.3. The molecule has 21 heavy (non-hydrogen) atoms. The van der Waals surface area contributed by atoms with Crippen molar-refractivity contribution in [3.63, 3.8) is 0 Å². The third kappa shape index (κ3) is 3.44. The smallest absolute Gasteiger partial charge is 0.329 e. The molecule has 0 saturated heterocycles. The van der Waals surface area contributed by atoms with Gasteiger partial charge in [0.15, 0.2) is 5.76 Å². The van der Waals surface area contributed by atoms with Gasteiger partial charge < -0.3 is 19.6 Å². The number of carboxylic acid groups (broad SMARTS) is 1. The third-order valence-electron chi connectivity index (χ3n) is 4.06. The number of amides is 1. The largest absolute Gasteiger partial charge is 0.480 e. The van der Waals surface area contributed by atoms with Crippen LogP contribution in [0.3, 0.4) is 0 Å². The fraction of sp³-hybridized carbons (Fsp3) is 0.600. The van der Waals surface area contributed by atoms with Crippen LogP contribution in [0.4, 0.5) is 0 Å². The number of rotatable bonds is 5. The van der Waals surface area contributed by atoms with Crippen LogP contribution in [0.1, 0.15) is 48.9 Å². The average molecular weight is 295 g/mol. The van der Waals surface area contributed by atoms with Crippen LogP contribution in [-0.4, -0.2) is 29.6 Å². The van der Waals surface area contributed by atoms with Gasteiger partial charge in [0.05, 0.1) is 0 Å². The van der Waals surface area contributed by atoms with Gasteiger partial charge in [-0.2, -0.15) is 0 Å². The van der Waals surface area contributed by atoms with Crippen molar-refractivity contribution < 1.29 is 23.8 Å². The maximum Gasteiger partial charge on any atom is 0.329 e. The molecule has 116 valence electrons. The second-order valence-electron chi connectivity index (χ2n) is 5.72. The minimum Gasteiger partial charge on any atom is -0.480 e. The number of carbonyl (C=O) groups is 2. The van der Waals surface area contributed by atoms with Gasteiger partial charge in [0.25, 0.3) is 5.91 Å². The zero-order valence-electron chi connectivity index (χ0n) is 12.3. The Morgan fingerprint density at radius 1 is 1.43 bits per heavy atom. The molecule has 1 aliphatic carbocycles. The molecular weight excluding hydrogens is 274 g/mol. The van der Waals surface area contributed by atoms with Crippen molar-refractivity contribution >= 4 is 11.9 Å². The van der Waals surface area contributed by atoms with Gasteiger partial charge in [0, 0.05) is 7.11 Å². The molecule has 1 aliphatic rings. The van der Waals surface area contributed by atoms with Gasteiger partial charge in [0.2, 0.25) is 0 Å². The molecule has 0 bridgehead atoms. The lowest BCUT2D eigenvalue weighted by molar-refractivity contribution is -0.146. The molecule has 1 fully saturated rings. The molecule has 1 heterocycles. The van der Waals surface area contributed by atoms with E-state index in [-0.39, 0.29) is 12.4 Å². The highest BCUT2D eigenvalue weighted by Crippen LogP contribution is 2.32. The molecule has 6 nitrogen and oxygen atoms in total. The second kappa shape index (κ2) is 6.30. The number of carboxylic acids is 1. The topological polar surface area (TPSA) is 88.8 Å². The minimum absolute atomic E-state index is 0.112. The molecule has 0 radical (unpaired) electrons. The predicted molar refractivity (Wildman–Crippen MR) is 74.9 cm³/mol. The van der Waals surface area contributed by atoms with Crippen molar-refractivity contribution in [1.29, 1.82) is 0 Å². The highest BCUT2D eigenvalue weighted by atomic mass is 16.5. The number of furan rings is 1. The first-order valence-corrected chi connectivity index (χ1v) is 7.10. The van der Waals surface area contributed by atoms with E-state index in [4.69, 9.17) is 9.15 Å². The molecular formula is C15H21NO5. The highest BCUT2D eigenvalue weighted by molar-refractivity contribution is 5.95. The molecule has 0 aliphatic heterocycles. The lowest BCUT2D eigenvalue weighted by Crippen LogP contribution is -2.56. The molecule has 1 aromatic heterocycles. The number of aliphatic carboxylic acids is 1. The highest BCUT2D eigenvalue weighted by Gasteiger charge is 2.43. The van der Waals surface area contributed by atoms with Crippen molar-refractivity contribution in [1.82, 2.24) is 5.32 Å². The standard InChI is InChI=1S/C15H21NO5/c1-10-5-7-15(8-6-10,14(18)19)16-13(17)12-4-3-11(21-12)9-20-2/h3-4,10H,5-9H2,1-2H3,(H,16,17)(H,18,19). The Balaban J connectivity index is 2.09. The molecule has 1 saturated carbocycles. The van der Waals surface area contributed by atoms with Crippen molar-refractivity contribution in [3.8, 4) is 0 Å². The summed E-state index contributed by atoms with van der Waals surface area (Å²) in [7, 11) is 1.53. The maximum absolute atomic E-state index is 12.2. The number of ether oxygens (including phenoxy) is 1. The zero-order chi connectivity index (χ0) is 15.5. The molecule has 6 heteroatoms. The normalized spacial score (nSPS) is 25.5. The first-order valence-electron chi connectivity index (χ1n) is 7.10. The molecule has 0 unspecified atom stereocenters. The fourth-order valence-electron chi connectivity index (χ4n) is 2.65. The summed E-state index contributed by atoms with van der Waals surface area (Å²) >= 11 is 0. The van der Waals surface area contributed by atoms with E-state index in [9.17, 15) is 14.7 Å². The van der Waals surface area contributed by atoms with E-state index in [2.05, 4.69) is 12.2 Å². The van der Waals surface area contributed by atoms with E-state index in [1.54, 1.807) is 6.07 Å². The summed E-state index contributed by atoms with van der Waals surface area (Å²) in [5.41, 5.74) is -1.18. The van der Waals surface area contributed by atoms with Crippen molar-refractivity contribution in [2.75, 3.05) is 7.11 Å². The fourth-order valence-corrected chi connectivity index (χ4v) is 2.65. The van der Waals surface area contributed by atoms with E-state index >= 15 is 0 Å². The Labute approximate surface area is 123 Å². The number of hydrogen-bond donors (Lipinski definition) is 2. The summed E-state index contributed by atoms with van der Waals surface area (Å²) in [6, 6.07) is 3.18. The molecule has 0 aromatic carbocycles. The molecule has 1 amide bonds. The Morgan fingerprint density at radius 3 is 2.67 bits per heavy atom. The predicted octanol–water partition coefficient (Wildman–Crippen LogP) is 2.19. The van der Waals surface area contributed by atoms with Gasteiger partial charge in [-0.3, -0.25) is 4.79 Å². The molecule has 2 rings (SSSR count). The van der Waals surface area contributed by atoms with E-state index in [1.807, 2.05) is 0 Å². The van der Waals surface area contributed by atoms with Crippen LogP contribution in [-0.2, 0) is 16.1 Å². The Bertz CT molecular complexity index is 514. The molecule has 0 atom stereocenters. The summed E-state index contributed by atoms with van der Waals surface area (Å²) in [5, 5.41) is 12.1. The van der Waals surface area contributed by atoms with Crippen molar-refractivity contribution in [2.24, 2.45) is 5.92 Å². The van der Waals surface area contributed by atoms with Gasteiger partial charge in [-0.15, -0.1) is 0 Å². The van der Waals surface area contributed by atoms with Crippen molar-refractivity contribution in [3.05, 3.63) is 23.7 Å². The summed E-state index contributed by atoms with van der Waals surface area (Å²) in [4.78, 5) is 23.8. The number of hydrogen-bond acceptors (Lipinski definition) is 4. The summed E-state index contributed by atoms with van der Waals surface area (Å²) in [6.07, 6.45) is 2.47.